The smallest absolute Gasteiger partial charge is 0.250 e. The Bertz CT molecular complexity index is 1090. The second kappa shape index (κ2) is 10.3. The van der Waals surface area contributed by atoms with Gasteiger partial charge in [-0.25, -0.2) is 5.43 Å². The first kappa shape index (κ1) is 22.7. The van der Waals surface area contributed by atoms with E-state index in [-0.39, 0.29) is 5.91 Å². The van der Waals surface area contributed by atoms with Crippen molar-refractivity contribution in [2.24, 2.45) is 5.10 Å². The van der Waals surface area contributed by atoms with E-state index in [9.17, 15) is 4.79 Å². The maximum Gasteiger partial charge on any atom is 0.250 e. The molecule has 156 valence electrons. The lowest BCUT2D eigenvalue weighted by Crippen LogP contribution is -2.19. The van der Waals surface area contributed by atoms with E-state index in [0.29, 0.717) is 11.5 Å². The highest BCUT2D eigenvalue weighted by Crippen LogP contribution is 2.30. The summed E-state index contributed by atoms with van der Waals surface area (Å²) in [6.07, 6.45) is 1.69. The summed E-state index contributed by atoms with van der Waals surface area (Å²) in [4.78, 5) is 12.1. The lowest BCUT2D eigenvalue weighted by Gasteiger charge is -2.12. The zero-order valence-electron chi connectivity index (χ0n) is 17.1. The maximum absolute atomic E-state index is 12.1. The largest absolute Gasteiger partial charge is 0.316 e. The van der Waals surface area contributed by atoms with Crippen LogP contribution in [0.5, 0.6) is 0 Å². The van der Waals surface area contributed by atoms with Crippen LogP contribution in [0.1, 0.15) is 28.1 Å². The van der Waals surface area contributed by atoms with Crippen LogP contribution in [-0.2, 0) is 10.5 Å². The Morgan fingerprint density at radius 2 is 1.83 bits per heavy atom. The van der Waals surface area contributed by atoms with Crippen molar-refractivity contribution in [2.75, 3.05) is 5.75 Å². The number of halogens is 2. The molecule has 1 N–H and O–H groups in total. The summed E-state index contributed by atoms with van der Waals surface area (Å²) in [5.74, 6) is 0.846. The number of aryl methyl sites for hydroxylation is 1. The summed E-state index contributed by atoms with van der Waals surface area (Å²) in [5.41, 5.74) is 9.05. The standard InChI is InChI=1S/C23H23BrClN3OS/c1-15-8-4-7-11-21(15)28-16(2)19(23(24)17(28)3)12-26-27-22(29)14-30-13-18-9-5-6-10-20(18)25/h4-12H,13-14H2,1-3H3,(H,27,29)/b26-12-. The van der Waals surface area contributed by atoms with Crippen LogP contribution in [0.4, 0.5) is 0 Å². The summed E-state index contributed by atoms with van der Waals surface area (Å²) in [5, 5.41) is 4.89. The van der Waals surface area contributed by atoms with Crippen molar-refractivity contribution in [1.82, 2.24) is 9.99 Å². The van der Waals surface area contributed by atoms with Crippen molar-refractivity contribution in [3.8, 4) is 5.69 Å². The van der Waals surface area contributed by atoms with Crippen molar-refractivity contribution < 1.29 is 4.79 Å². The highest BCUT2D eigenvalue weighted by Gasteiger charge is 2.16. The fourth-order valence-electron chi connectivity index (χ4n) is 3.22. The number of nitrogens with zero attached hydrogens (tertiary/aromatic N) is 2. The van der Waals surface area contributed by atoms with Gasteiger partial charge in [0.15, 0.2) is 0 Å². The number of carbonyl (C=O) groups excluding carboxylic acids is 1. The van der Waals surface area contributed by atoms with Gasteiger partial charge in [-0.05, 0) is 60.0 Å². The molecule has 0 saturated carbocycles. The van der Waals surface area contributed by atoms with Crippen LogP contribution in [-0.4, -0.2) is 22.4 Å². The Morgan fingerprint density at radius 1 is 1.13 bits per heavy atom. The number of rotatable bonds is 7. The Labute approximate surface area is 194 Å². The van der Waals surface area contributed by atoms with Gasteiger partial charge in [0, 0.05) is 37.9 Å². The quantitative estimate of drug-likeness (QED) is 0.307. The zero-order chi connectivity index (χ0) is 21.7. The first-order valence-corrected chi connectivity index (χ1v) is 11.8. The van der Waals surface area contributed by atoms with Crippen LogP contribution in [0.15, 0.2) is 58.1 Å². The lowest BCUT2D eigenvalue weighted by molar-refractivity contribution is -0.118. The fraction of sp³-hybridized carbons (Fsp3) is 0.217. The highest BCUT2D eigenvalue weighted by atomic mass is 79.9. The first-order valence-electron chi connectivity index (χ1n) is 9.46. The molecule has 0 unspecified atom stereocenters. The number of thioether (sulfide) groups is 1. The topological polar surface area (TPSA) is 46.4 Å². The van der Waals surface area contributed by atoms with E-state index in [0.717, 1.165) is 37.7 Å². The lowest BCUT2D eigenvalue weighted by atomic mass is 10.2. The molecule has 1 heterocycles. The number of hydrogen-bond acceptors (Lipinski definition) is 3. The van der Waals surface area contributed by atoms with Crippen molar-refractivity contribution in [3.63, 3.8) is 0 Å². The van der Waals surface area contributed by atoms with E-state index < -0.39 is 0 Å². The molecule has 0 fully saturated rings. The number of para-hydroxylation sites is 1. The molecular formula is C23H23BrClN3OS. The number of benzene rings is 2. The summed E-state index contributed by atoms with van der Waals surface area (Å²) < 4.78 is 3.16. The van der Waals surface area contributed by atoms with Crippen LogP contribution >= 0.6 is 39.3 Å². The number of aromatic nitrogens is 1. The Morgan fingerprint density at radius 3 is 2.57 bits per heavy atom. The van der Waals surface area contributed by atoms with E-state index in [1.54, 1.807) is 6.21 Å². The van der Waals surface area contributed by atoms with E-state index in [4.69, 9.17) is 11.6 Å². The van der Waals surface area contributed by atoms with Gasteiger partial charge in [-0.15, -0.1) is 11.8 Å². The average Bonchev–Trinajstić information content (AvgIpc) is 2.93. The molecule has 0 radical (unpaired) electrons. The number of hydrogen-bond donors (Lipinski definition) is 1. The monoisotopic (exact) mass is 503 g/mol. The van der Waals surface area contributed by atoms with E-state index in [1.807, 2.05) is 43.3 Å². The van der Waals surface area contributed by atoms with Gasteiger partial charge in [-0.2, -0.15) is 5.10 Å². The minimum atomic E-state index is -0.146. The van der Waals surface area contributed by atoms with Gasteiger partial charge >= 0.3 is 0 Å². The Kier molecular flexibility index (Phi) is 7.81. The first-order chi connectivity index (χ1) is 14.4. The van der Waals surface area contributed by atoms with E-state index in [2.05, 4.69) is 57.0 Å². The van der Waals surface area contributed by atoms with E-state index >= 15 is 0 Å². The maximum atomic E-state index is 12.1. The van der Waals surface area contributed by atoms with Crippen LogP contribution < -0.4 is 5.43 Å². The number of amides is 1. The summed E-state index contributed by atoms with van der Waals surface area (Å²) in [7, 11) is 0. The molecule has 0 saturated heterocycles. The summed E-state index contributed by atoms with van der Waals surface area (Å²) >= 11 is 11.3. The average molecular weight is 505 g/mol. The molecule has 2 aromatic carbocycles. The van der Waals surface area contributed by atoms with Gasteiger partial charge in [-0.3, -0.25) is 4.79 Å². The van der Waals surface area contributed by atoms with Gasteiger partial charge in [0.05, 0.1) is 12.0 Å². The van der Waals surface area contributed by atoms with E-state index in [1.165, 1.54) is 17.3 Å². The predicted molar refractivity (Wildman–Crippen MR) is 131 cm³/mol. The van der Waals surface area contributed by atoms with Gasteiger partial charge in [0.2, 0.25) is 5.91 Å². The number of hydrazone groups is 1. The minimum absolute atomic E-state index is 0.146. The molecule has 0 spiro atoms. The van der Waals surface area contributed by atoms with Crippen molar-refractivity contribution >= 4 is 51.4 Å². The highest BCUT2D eigenvalue weighted by molar-refractivity contribution is 9.10. The molecular weight excluding hydrogens is 482 g/mol. The van der Waals surface area contributed by atoms with Gasteiger partial charge in [0.1, 0.15) is 0 Å². The molecule has 0 aliphatic heterocycles. The Balaban J connectivity index is 1.64. The van der Waals surface area contributed by atoms with Crippen molar-refractivity contribution in [2.45, 2.75) is 26.5 Å². The molecule has 0 atom stereocenters. The molecule has 1 aromatic heterocycles. The number of nitrogens with one attached hydrogen (secondary N) is 1. The third-order valence-corrected chi connectivity index (χ3v) is 7.15. The Hall–Kier alpha value is -2.02. The second-order valence-corrected chi connectivity index (χ2v) is 9.08. The third-order valence-electron chi connectivity index (χ3n) is 4.80. The zero-order valence-corrected chi connectivity index (χ0v) is 20.2. The molecule has 3 rings (SSSR count). The van der Waals surface area contributed by atoms with Gasteiger partial charge in [-0.1, -0.05) is 48.0 Å². The van der Waals surface area contributed by atoms with Crippen molar-refractivity contribution in [3.05, 3.63) is 86.1 Å². The summed E-state index contributed by atoms with van der Waals surface area (Å²) in [6.45, 7) is 6.20. The SMILES string of the molecule is Cc1ccccc1-n1c(C)c(Br)c(/C=N\NC(=O)CSCc2ccccc2Cl)c1C. The minimum Gasteiger partial charge on any atom is -0.316 e. The predicted octanol–water partition coefficient (Wildman–Crippen LogP) is 6.20. The summed E-state index contributed by atoms with van der Waals surface area (Å²) in [6, 6.07) is 15.9. The molecule has 0 aliphatic carbocycles. The fourth-order valence-corrected chi connectivity index (χ4v) is 4.89. The number of carbonyl (C=O) groups is 1. The third kappa shape index (κ3) is 5.17. The molecule has 1 amide bonds. The van der Waals surface area contributed by atoms with Crippen LogP contribution in [0.3, 0.4) is 0 Å². The normalized spacial score (nSPS) is 11.2. The molecule has 0 bridgehead atoms. The van der Waals surface area contributed by atoms with Crippen molar-refractivity contribution in [1.29, 1.82) is 0 Å². The van der Waals surface area contributed by atoms with Gasteiger partial charge < -0.3 is 4.57 Å². The van der Waals surface area contributed by atoms with Gasteiger partial charge in [0.25, 0.3) is 0 Å². The molecule has 0 aliphatic rings. The van der Waals surface area contributed by atoms with Crippen LogP contribution in [0.2, 0.25) is 5.02 Å². The molecule has 4 nitrogen and oxygen atoms in total. The second-order valence-electron chi connectivity index (χ2n) is 6.90. The molecule has 7 heteroatoms. The molecule has 30 heavy (non-hydrogen) atoms. The van der Waals surface area contributed by atoms with Crippen LogP contribution in [0.25, 0.3) is 5.69 Å². The van der Waals surface area contributed by atoms with Crippen LogP contribution in [0, 0.1) is 20.8 Å². The molecule has 3 aromatic rings.